The molecule has 1 aromatic heterocycles. The summed E-state index contributed by atoms with van der Waals surface area (Å²) >= 11 is 6.02. The number of fused-ring (bicyclic) bond motifs is 1. The third-order valence-corrected chi connectivity index (χ3v) is 7.55. The number of nitrogens with zero attached hydrogens (tertiary/aromatic N) is 3. The monoisotopic (exact) mass is 612 g/mol. The molecule has 3 aromatic rings. The number of likely N-dealkylation sites (N-methyl/N-ethyl adjacent to an activating group) is 1. The van der Waals surface area contributed by atoms with Gasteiger partial charge in [-0.05, 0) is 51.1 Å². The van der Waals surface area contributed by atoms with Crippen molar-refractivity contribution in [1.82, 2.24) is 15.0 Å². The molecular formula is C30H37ClN6O6. The molecule has 3 atom stereocenters. The SMILES string of the molecule is CO[C@H]1CN(C)C(=O)c2ccc(NC(=O)Nc3cccc(Cl)c3)cc2OC[C@H](C)N(C(=O)Nc2c(C)noc2C)C[C@@H]1C. The minimum absolute atomic E-state index is 0.0710. The minimum Gasteiger partial charge on any atom is -0.491 e. The van der Waals surface area contributed by atoms with Crippen LogP contribution in [0.5, 0.6) is 5.75 Å². The number of urea groups is 2. The first-order chi connectivity index (χ1) is 20.5. The topological polar surface area (TPSA) is 138 Å². The second-order valence-electron chi connectivity index (χ2n) is 10.7. The van der Waals surface area contributed by atoms with Crippen LogP contribution < -0.4 is 20.7 Å². The lowest BCUT2D eigenvalue weighted by atomic mass is 10.0. The van der Waals surface area contributed by atoms with Gasteiger partial charge >= 0.3 is 12.1 Å². The third-order valence-electron chi connectivity index (χ3n) is 7.31. The van der Waals surface area contributed by atoms with Crippen LogP contribution in [0.1, 0.15) is 35.7 Å². The van der Waals surface area contributed by atoms with Crippen LogP contribution in [0.3, 0.4) is 0 Å². The van der Waals surface area contributed by atoms with E-state index in [0.29, 0.717) is 45.6 Å². The number of carbonyl (C=O) groups is 3. The molecule has 13 heteroatoms. The summed E-state index contributed by atoms with van der Waals surface area (Å²) in [4.78, 5) is 43.0. The zero-order chi connectivity index (χ0) is 31.3. The van der Waals surface area contributed by atoms with E-state index < -0.39 is 12.1 Å². The van der Waals surface area contributed by atoms with Gasteiger partial charge in [0.2, 0.25) is 0 Å². The number of carbonyl (C=O) groups excluding carboxylic acids is 3. The number of halogens is 1. The van der Waals surface area contributed by atoms with E-state index in [2.05, 4.69) is 21.1 Å². The fraction of sp³-hybridized carbons (Fsp3) is 0.400. The van der Waals surface area contributed by atoms with Crippen molar-refractivity contribution in [2.75, 3.05) is 49.8 Å². The van der Waals surface area contributed by atoms with E-state index in [0.717, 1.165) is 0 Å². The molecule has 0 saturated heterocycles. The molecule has 0 bridgehead atoms. The normalized spacial score (nSPS) is 19.4. The average Bonchev–Trinajstić information content (AvgIpc) is 3.28. The minimum atomic E-state index is -0.494. The molecular weight excluding hydrogens is 576 g/mol. The van der Waals surface area contributed by atoms with Crippen molar-refractivity contribution in [1.29, 1.82) is 0 Å². The van der Waals surface area contributed by atoms with E-state index >= 15 is 0 Å². The molecule has 0 fully saturated rings. The summed E-state index contributed by atoms with van der Waals surface area (Å²) < 4.78 is 17.2. The highest BCUT2D eigenvalue weighted by atomic mass is 35.5. The molecule has 4 rings (SSSR count). The van der Waals surface area contributed by atoms with Gasteiger partial charge in [-0.1, -0.05) is 29.7 Å². The highest BCUT2D eigenvalue weighted by Gasteiger charge is 2.31. The van der Waals surface area contributed by atoms with E-state index in [1.807, 2.05) is 13.8 Å². The van der Waals surface area contributed by atoms with Crippen molar-refractivity contribution in [3.05, 3.63) is 64.5 Å². The van der Waals surface area contributed by atoms with Gasteiger partial charge in [-0.25, -0.2) is 9.59 Å². The third kappa shape index (κ3) is 7.76. The summed E-state index contributed by atoms with van der Waals surface area (Å²) in [5.74, 6) is 0.375. The van der Waals surface area contributed by atoms with Crippen LogP contribution >= 0.6 is 11.6 Å². The Balaban J connectivity index is 1.60. The van der Waals surface area contributed by atoms with Gasteiger partial charge < -0.3 is 39.7 Å². The number of ether oxygens (including phenoxy) is 2. The fourth-order valence-electron chi connectivity index (χ4n) is 4.83. The Kier molecular flexibility index (Phi) is 10.1. The number of aromatic nitrogens is 1. The lowest BCUT2D eigenvalue weighted by Crippen LogP contribution is -2.50. The molecule has 2 aromatic carbocycles. The zero-order valence-corrected chi connectivity index (χ0v) is 25.8. The first kappa shape index (κ1) is 31.6. The molecule has 0 radical (unpaired) electrons. The van der Waals surface area contributed by atoms with Gasteiger partial charge in [0.15, 0.2) is 5.76 Å². The van der Waals surface area contributed by atoms with Crippen LogP contribution in [0, 0.1) is 19.8 Å². The lowest BCUT2D eigenvalue weighted by molar-refractivity contribution is 0.0174. The predicted molar refractivity (Wildman–Crippen MR) is 164 cm³/mol. The smallest absolute Gasteiger partial charge is 0.323 e. The molecule has 12 nitrogen and oxygen atoms in total. The number of hydrogen-bond acceptors (Lipinski definition) is 7. The van der Waals surface area contributed by atoms with Gasteiger partial charge in [-0.2, -0.15) is 0 Å². The summed E-state index contributed by atoms with van der Waals surface area (Å²) in [6.07, 6.45) is -0.351. The fourth-order valence-corrected chi connectivity index (χ4v) is 5.02. The molecule has 3 N–H and O–H groups in total. The van der Waals surface area contributed by atoms with Gasteiger partial charge in [0.1, 0.15) is 23.7 Å². The maximum Gasteiger partial charge on any atom is 0.323 e. The van der Waals surface area contributed by atoms with Crippen LogP contribution in [0.25, 0.3) is 0 Å². The molecule has 43 heavy (non-hydrogen) atoms. The highest BCUT2D eigenvalue weighted by molar-refractivity contribution is 6.30. The molecule has 0 spiro atoms. The maximum absolute atomic E-state index is 13.6. The van der Waals surface area contributed by atoms with E-state index in [4.69, 9.17) is 25.6 Å². The number of benzene rings is 2. The first-order valence-electron chi connectivity index (χ1n) is 13.9. The zero-order valence-electron chi connectivity index (χ0n) is 25.1. The van der Waals surface area contributed by atoms with Crippen LogP contribution in [-0.4, -0.2) is 78.9 Å². The van der Waals surface area contributed by atoms with Crippen molar-refractivity contribution in [2.24, 2.45) is 5.92 Å². The Hall–Kier alpha value is -4.29. The molecule has 1 aliphatic rings. The summed E-state index contributed by atoms with van der Waals surface area (Å²) in [6, 6.07) is 10.3. The molecule has 0 saturated carbocycles. The Morgan fingerprint density at radius 1 is 1.05 bits per heavy atom. The summed E-state index contributed by atoms with van der Waals surface area (Å²) in [7, 11) is 3.28. The average molecular weight is 613 g/mol. The second kappa shape index (κ2) is 13.8. The second-order valence-corrected chi connectivity index (χ2v) is 11.1. The molecule has 5 amide bonds. The molecule has 230 valence electrons. The number of methoxy groups -OCH3 is 1. The van der Waals surface area contributed by atoms with E-state index in [1.54, 1.807) is 80.3 Å². The number of amides is 5. The lowest BCUT2D eigenvalue weighted by Gasteiger charge is -2.36. The highest BCUT2D eigenvalue weighted by Crippen LogP contribution is 2.28. The van der Waals surface area contributed by atoms with Crippen LogP contribution in [0.4, 0.5) is 26.7 Å². The molecule has 2 heterocycles. The maximum atomic E-state index is 13.6. The van der Waals surface area contributed by atoms with Crippen molar-refractivity contribution in [3.63, 3.8) is 0 Å². The summed E-state index contributed by atoms with van der Waals surface area (Å²) in [6.45, 7) is 8.01. The van der Waals surface area contributed by atoms with Crippen molar-refractivity contribution < 1.29 is 28.4 Å². The van der Waals surface area contributed by atoms with Gasteiger partial charge in [-0.3, -0.25) is 4.79 Å². The van der Waals surface area contributed by atoms with E-state index in [-0.39, 0.29) is 42.9 Å². The Bertz CT molecular complexity index is 1460. The van der Waals surface area contributed by atoms with Crippen LogP contribution in [0.15, 0.2) is 47.0 Å². The van der Waals surface area contributed by atoms with Crippen LogP contribution in [-0.2, 0) is 4.74 Å². The Morgan fingerprint density at radius 2 is 1.77 bits per heavy atom. The van der Waals surface area contributed by atoms with Crippen molar-refractivity contribution in [2.45, 2.75) is 39.8 Å². The van der Waals surface area contributed by atoms with E-state index in [9.17, 15) is 14.4 Å². The van der Waals surface area contributed by atoms with Gasteiger partial charge in [0.25, 0.3) is 5.91 Å². The number of rotatable bonds is 4. The molecule has 1 aliphatic heterocycles. The summed E-state index contributed by atoms with van der Waals surface area (Å²) in [5.41, 5.74) is 2.33. The van der Waals surface area contributed by atoms with Gasteiger partial charge in [-0.15, -0.1) is 0 Å². The summed E-state index contributed by atoms with van der Waals surface area (Å²) in [5, 5.41) is 12.8. The van der Waals surface area contributed by atoms with E-state index in [1.165, 1.54) is 0 Å². The van der Waals surface area contributed by atoms with Crippen LogP contribution in [0.2, 0.25) is 5.02 Å². The number of nitrogens with one attached hydrogen (secondary N) is 3. The van der Waals surface area contributed by atoms with Gasteiger partial charge in [0, 0.05) is 55.6 Å². The first-order valence-corrected chi connectivity index (χ1v) is 14.2. The van der Waals surface area contributed by atoms with Gasteiger partial charge in [0.05, 0.1) is 17.7 Å². The number of aryl methyl sites for hydroxylation is 2. The Morgan fingerprint density at radius 3 is 2.42 bits per heavy atom. The standard InChI is InChI=1S/C30H37ClN6O6/c1-17-14-37(30(40)34-27-19(3)35-43-20(27)4)18(2)16-42-25-13-23(33-29(39)32-22-9-7-8-21(31)12-22)10-11-24(25)28(38)36(5)15-26(17)41-6/h7-13,17-18,26H,14-16H2,1-6H3,(H,34,40)(H2,32,33,39)/t17-,18-,26-/m0/s1. The predicted octanol–water partition coefficient (Wildman–Crippen LogP) is 5.63. The number of hydrogen-bond donors (Lipinski definition) is 3. The van der Waals surface area contributed by atoms with Crippen molar-refractivity contribution in [3.8, 4) is 5.75 Å². The molecule has 0 unspecified atom stereocenters. The number of anilines is 3. The quantitative estimate of drug-likeness (QED) is 0.347. The Labute approximate surface area is 255 Å². The molecule has 0 aliphatic carbocycles. The van der Waals surface area contributed by atoms with Crippen molar-refractivity contribution >= 4 is 46.6 Å². The largest absolute Gasteiger partial charge is 0.491 e.